The zero-order valence-corrected chi connectivity index (χ0v) is 11.4. The number of nitrogens with one attached hydrogen (secondary N) is 1. The van der Waals surface area contributed by atoms with Gasteiger partial charge in [0, 0.05) is 12.6 Å². The quantitative estimate of drug-likeness (QED) is 0.831. The first-order valence-electron chi connectivity index (χ1n) is 6.96. The second-order valence-corrected chi connectivity index (χ2v) is 5.74. The van der Waals surface area contributed by atoms with Crippen molar-refractivity contribution in [2.24, 2.45) is 11.8 Å². The zero-order valence-electron chi connectivity index (χ0n) is 11.4. The van der Waals surface area contributed by atoms with Crippen molar-refractivity contribution in [3.05, 3.63) is 35.4 Å². The summed E-state index contributed by atoms with van der Waals surface area (Å²) in [4.78, 5) is 0. The minimum absolute atomic E-state index is 0.708. The fourth-order valence-electron chi connectivity index (χ4n) is 2.82. The van der Waals surface area contributed by atoms with Crippen LogP contribution in [0.4, 0.5) is 0 Å². The molecule has 1 fully saturated rings. The molecule has 1 heteroatoms. The Labute approximate surface area is 106 Å². The lowest BCUT2D eigenvalue weighted by atomic mass is 9.78. The Morgan fingerprint density at radius 3 is 2.53 bits per heavy atom. The largest absolute Gasteiger partial charge is 0.310 e. The third-order valence-corrected chi connectivity index (χ3v) is 4.40. The Kier molecular flexibility index (Phi) is 4.22. The fraction of sp³-hybridized carbons (Fsp3) is 0.625. The number of benzene rings is 1. The molecular formula is C16H25N. The van der Waals surface area contributed by atoms with E-state index >= 15 is 0 Å². The molecule has 3 atom stereocenters. The van der Waals surface area contributed by atoms with E-state index in [2.05, 4.69) is 50.4 Å². The van der Waals surface area contributed by atoms with E-state index in [1.54, 1.807) is 0 Å². The van der Waals surface area contributed by atoms with Crippen LogP contribution in [0.25, 0.3) is 0 Å². The van der Waals surface area contributed by atoms with Crippen LogP contribution in [0, 0.1) is 18.8 Å². The summed E-state index contributed by atoms with van der Waals surface area (Å²) in [5, 5.41) is 3.74. The predicted molar refractivity (Wildman–Crippen MR) is 74.0 cm³/mol. The van der Waals surface area contributed by atoms with Crippen LogP contribution in [-0.2, 0) is 6.54 Å². The van der Waals surface area contributed by atoms with Gasteiger partial charge in [-0.2, -0.15) is 0 Å². The Balaban J connectivity index is 1.87. The maximum Gasteiger partial charge on any atom is 0.0208 e. The van der Waals surface area contributed by atoms with Crippen molar-refractivity contribution in [3.8, 4) is 0 Å². The van der Waals surface area contributed by atoms with Gasteiger partial charge in [-0.1, -0.05) is 56.5 Å². The number of hydrogen-bond acceptors (Lipinski definition) is 1. The smallest absolute Gasteiger partial charge is 0.0208 e. The molecule has 17 heavy (non-hydrogen) atoms. The lowest BCUT2D eigenvalue weighted by molar-refractivity contribution is 0.206. The first-order chi connectivity index (χ1) is 8.16. The molecule has 0 spiro atoms. The molecule has 1 aliphatic carbocycles. The second-order valence-electron chi connectivity index (χ2n) is 5.74. The highest BCUT2D eigenvalue weighted by Crippen LogP contribution is 2.29. The van der Waals surface area contributed by atoms with E-state index in [9.17, 15) is 0 Å². The van der Waals surface area contributed by atoms with Gasteiger partial charge in [0.1, 0.15) is 0 Å². The van der Waals surface area contributed by atoms with Gasteiger partial charge in [-0.15, -0.1) is 0 Å². The lowest BCUT2D eigenvalue weighted by Gasteiger charge is -2.34. The molecule has 94 valence electrons. The minimum atomic E-state index is 0.708. The number of hydrogen-bond donors (Lipinski definition) is 1. The highest BCUT2D eigenvalue weighted by atomic mass is 14.9. The van der Waals surface area contributed by atoms with Crippen LogP contribution in [0.3, 0.4) is 0 Å². The van der Waals surface area contributed by atoms with E-state index in [0.29, 0.717) is 6.04 Å². The van der Waals surface area contributed by atoms with Crippen molar-refractivity contribution in [2.45, 2.75) is 52.6 Å². The highest BCUT2D eigenvalue weighted by Gasteiger charge is 2.26. The molecule has 1 saturated carbocycles. The average molecular weight is 231 g/mol. The monoisotopic (exact) mass is 231 g/mol. The molecule has 1 nitrogen and oxygen atoms in total. The maximum atomic E-state index is 3.74. The molecule has 0 aliphatic heterocycles. The minimum Gasteiger partial charge on any atom is -0.310 e. The van der Waals surface area contributed by atoms with Gasteiger partial charge in [0.25, 0.3) is 0 Å². The summed E-state index contributed by atoms with van der Waals surface area (Å²) < 4.78 is 0. The van der Waals surface area contributed by atoms with E-state index in [-0.39, 0.29) is 0 Å². The van der Waals surface area contributed by atoms with Gasteiger partial charge >= 0.3 is 0 Å². The summed E-state index contributed by atoms with van der Waals surface area (Å²) in [6.07, 6.45) is 4.14. The molecule has 0 radical (unpaired) electrons. The van der Waals surface area contributed by atoms with Crippen LogP contribution >= 0.6 is 0 Å². The second kappa shape index (κ2) is 5.68. The molecule has 0 heterocycles. The first-order valence-corrected chi connectivity index (χ1v) is 6.96. The standard InChI is InChI=1S/C16H25N/c1-12-7-9-15(10-8-12)11-17-16-6-4-5-13(2)14(16)3/h7-10,13-14,16-17H,4-6,11H2,1-3H3/t13-,14+,16+/m0/s1. The predicted octanol–water partition coefficient (Wildman–Crippen LogP) is 3.91. The topological polar surface area (TPSA) is 12.0 Å². The van der Waals surface area contributed by atoms with Crippen LogP contribution in [-0.4, -0.2) is 6.04 Å². The van der Waals surface area contributed by atoms with Crippen molar-refractivity contribution in [1.82, 2.24) is 5.32 Å². The molecule has 1 aliphatic rings. The van der Waals surface area contributed by atoms with E-state index in [4.69, 9.17) is 0 Å². The van der Waals surface area contributed by atoms with E-state index < -0.39 is 0 Å². The maximum absolute atomic E-state index is 3.74. The van der Waals surface area contributed by atoms with Crippen LogP contribution in [0.5, 0.6) is 0 Å². The summed E-state index contributed by atoms with van der Waals surface area (Å²) in [6, 6.07) is 9.58. The van der Waals surface area contributed by atoms with Crippen molar-refractivity contribution >= 4 is 0 Å². The first kappa shape index (κ1) is 12.6. The Bertz CT molecular complexity index is 341. The van der Waals surface area contributed by atoms with Gasteiger partial charge in [-0.3, -0.25) is 0 Å². The molecule has 0 amide bonds. The molecule has 0 saturated heterocycles. The van der Waals surface area contributed by atoms with Gasteiger partial charge in [0.2, 0.25) is 0 Å². The van der Waals surface area contributed by atoms with Crippen LogP contribution in [0.1, 0.15) is 44.2 Å². The third kappa shape index (κ3) is 3.32. The Morgan fingerprint density at radius 1 is 1.12 bits per heavy atom. The SMILES string of the molecule is Cc1ccc(CN[C@@H]2CCC[C@H](C)[C@H]2C)cc1. The van der Waals surface area contributed by atoms with E-state index in [1.165, 1.54) is 30.4 Å². The number of rotatable bonds is 3. The van der Waals surface area contributed by atoms with Gasteiger partial charge in [0.05, 0.1) is 0 Å². The summed E-state index contributed by atoms with van der Waals surface area (Å²) in [7, 11) is 0. The molecule has 0 unspecified atom stereocenters. The molecule has 1 aromatic rings. The summed E-state index contributed by atoms with van der Waals surface area (Å²) in [5.41, 5.74) is 2.74. The van der Waals surface area contributed by atoms with Crippen molar-refractivity contribution in [2.75, 3.05) is 0 Å². The van der Waals surface area contributed by atoms with Crippen molar-refractivity contribution in [3.63, 3.8) is 0 Å². The normalized spacial score (nSPS) is 29.2. The molecule has 1 aromatic carbocycles. The molecule has 0 aromatic heterocycles. The highest BCUT2D eigenvalue weighted by molar-refractivity contribution is 5.21. The molecule has 1 N–H and O–H groups in total. The van der Waals surface area contributed by atoms with Crippen molar-refractivity contribution in [1.29, 1.82) is 0 Å². The summed E-state index contributed by atoms with van der Waals surface area (Å²) >= 11 is 0. The molecule has 2 rings (SSSR count). The van der Waals surface area contributed by atoms with Gasteiger partial charge in [0.15, 0.2) is 0 Å². The fourth-order valence-corrected chi connectivity index (χ4v) is 2.82. The average Bonchev–Trinajstić information content (AvgIpc) is 2.33. The molecule has 0 bridgehead atoms. The van der Waals surface area contributed by atoms with E-state index in [1.807, 2.05) is 0 Å². The summed E-state index contributed by atoms with van der Waals surface area (Å²) in [5.74, 6) is 1.69. The summed E-state index contributed by atoms with van der Waals surface area (Å²) in [6.45, 7) is 7.95. The Hall–Kier alpha value is -0.820. The van der Waals surface area contributed by atoms with Crippen LogP contribution < -0.4 is 5.32 Å². The molecular weight excluding hydrogens is 206 g/mol. The van der Waals surface area contributed by atoms with Crippen molar-refractivity contribution < 1.29 is 0 Å². The third-order valence-electron chi connectivity index (χ3n) is 4.40. The Morgan fingerprint density at radius 2 is 1.82 bits per heavy atom. The lowest BCUT2D eigenvalue weighted by Crippen LogP contribution is -2.40. The van der Waals surface area contributed by atoms with Gasteiger partial charge in [-0.25, -0.2) is 0 Å². The van der Waals surface area contributed by atoms with Crippen LogP contribution in [0.2, 0.25) is 0 Å². The van der Waals surface area contributed by atoms with Gasteiger partial charge < -0.3 is 5.32 Å². The van der Waals surface area contributed by atoms with Crippen LogP contribution in [0.15, 0.2) is 24.3 Å². The number of aryl methyl sites for hydroxylation is 1. The van der Waals surface area contributed by atoms with E-state index in [0.717, 1.165) is 18.4 Å². The zero-order chi connectivity index (χ0) is 12.3. The van der Waals surface area contributed by atoms with Gasteiger partial charge in [-0.05, 0) is 30.7 Å².